The Labute approximate surface area is 428 Å². The van der Waals surface area contributed by atoms with Crippen LogP contribution < -0.4 is 5.19 Å². The molecule has 2 aliphatic carbocycles. The number of benzene rings is 6. The SMILES string of the molecule is C[Si](C)(C)c1cnc(-c2[c-]cc(F)cc2)nc1.[2H]C1([2H])CCC([2H])([2H])c2cc3c(cc21)nc(-c1[c-]ccc2c1oc1c4c(ccc12)C(C)(C)CC4(C)C)n3-c1c(C(C)C)cc(-c2ccccc2)cc1C(C)C.[Ir]. The predicted molar refractivity (Wildman–Crippen MR) is 283 cm³/mol. The van der Waals surface area contributed by atoms with Crippen LogP contribution in [0.5, 0.6) is 0 Å². The fraction of sp³-hybridized carbons (Fsp3) is 0.328. The van der Waals surface area contributed by atoms with Crippen molar-refractivity contribution in [2.45, 2.75) is 130 Å². The summed E-state index contributed by atoms with van der Waals surface area (Å²) >= 11 is 0. The van der Waals surface area contributed by atoms with E-state index in [2.05, 4.69) is 156 Å². The van der Waals surface area contributed by atoms with E-state index in [1.54, 1.807) is 12.1 Å². The van der Waals surface area contributed by atoms with Crippen LogP contribution in [0.1, 0.15) is 125 Å². The Morgan fingerprint density at radius 3 is 2.03 bits per heavy atom. The average Bonchev–Trinajstić information content (AvgIpc) is 3.96. The molecule has 2 aliphatic rings. The molecule has 6 aromatic carbocycles. The molecule has 0 fully saturated rings. The first kappa shape index (κ1) is 43.5. The molecule has 0 saturated carbocycles. The van der Waals surface area contributed by atoms with Crippen LogP contribution in [-0.2, 0) is 43.7 Å². The van der Waals surface area contributed by atoms with Gasteiger partial charge in [-0.2, -0.15) is 0 Å². The monoisotopic (exact) mass is 1110 g/mol. The van der Waals surface area contributed by atoms with Gasteiger partial charge in [0.25, 0.3) is 0 Å². The van der Waals surface area contributed by atoms with Gasteiger partial charge in [-0.25, -0.2) is 0 Å². The molecule has 9 aromatic rings. The van der Waals surface area contributed by atoms with E-state index in [1.807, 2.05) is 30.6 Å². The summed E-state index contributed by atoms with van der Waals surface area (Å²) < 4.78 is 58.2. The standard InChI is InChI=1S/C48H49N2O.C13H14FN2Si.Ir/c1-28(2)37-23-33(30-15-10-9-11-16-30)24-38(29(3)4)43(37)50-41-26-32-18-13-12-17-31(32)25-40(41)49-46(50)36-20-14-19-34-35-21-22-39-42(45(35)51-44(34)36)48(7,8)27-47(39,5)6;1-17(2,3)12-8-15-13(16-9-12)10-4-6-11(14)7-5-10;/h9-11,14-16,19,21-26,28-29H,12-13,17-18,27H2,1-8H3;4,6-9H,1-3H3;/q2*-1;/i17D2,18D2;;. The van der Waals surface area contributed by atoms with E-state index in [0.717, 1.165) is 67.4 Å². The molecule has 5 nitrogen and oxygen atoms in total. The molecule has 0 saturated heterocycles. The van der Waals surface area contributed by atoms with Crippen LogP contribution in [-0.4, -0.2) is 27.6 Å². The fourth-order valence-corrected chi connectivity index (χ4v) is 11.6. The van der Waals surface area contributed by atoms with Gasteiger partial charge in [-0.3, -0.25) is 19.3 Å². The van der Waals surface area contributed by atoms with Crippen molar-refractivity contribution in [1.82, 2.24) is 19.5 Å². The number of aromatic nitrogens is 4. The minimum Gasteiger partial charge on any atom is -0.500 e. The number of halogens is 1. The van der Waals surface area contributed by atoms with E-state index in [-0.39, 0.29) is 61.4 Å². The number of hydrogen-bond acceptors (Lipinski definition) is 4. The van der Waals surface area contributed by atoms with Crippen molar-refractivity contribution in [2.24, 2.45) is 0 Å². The number of furan rings is 1. The van der Waals surface area contributed by atoms with Crippen LogP contribution in [0.3, 0.4) is 0 Å². The molecule has 0 spiro atoms. The van der Waals surface area contributed by atoms with Gasteiger partial charge >= 0.3 is 0 Å². The molecule has 0 N–H and O–H groups in total. The van der Waals surface area contributed by atoms with Crippen molar-refractivity contribution in [1.29, 1.82) is 0 Å². The molecule has 355 valence electrons. The number of aryl methyl sites for hydroxylation is 2. The zero-order chi connectivity index (χ0) is 51.4. The van der Waals surface area contributed by atoms with Crippen molar-refractivity contribution >= 4 is 46.2 Å². The summed E-state index contributed by atoms with van der Waals surface area (Å²) in [6.45, 7) is 24.9. The average molecular weight is 1110 g/mol. The molecular formula is C61H63FIrN4OSi-2. The molecule has 0 atom stereocenters. The number of fused-ring (bicyclic) bond motifs is 7. The van der Waals surface area contributed by atoms with E-state index >= 15 is 0 Å². The molecule has 0 bridgehead atoms. The fourth-order valence-electron chi connectivity index (χ4n) is 10.7. The van der Waals surface area contributed by atoms with Gasteiger partial charge in [-0.15, -0.1) is 48.0 Å². The third-order valence-corrected chi connectivity index (χ3v) is 15.9. The topological polar surface area (TPSA) is 56.7 Å². The maximum absolute atomic E-state index is 12.8. The Morgan fingerprint density at radius 2 is 1.41 bits per heavy atom. The van der Waals surface area contributed by atoms with Crippen LogP contribution in [0.25, 0.3) is 72.6 Å². The normalized spacial score (nSPS) is 17.4. The number of nitrogens with zero attached hydrogens (tertiary/aromatic N) is 4. The quantitative estimate of drug-likeness (QED) is 0.118. The summed E-state index contributed by atoms with van der Waals surface area (Å²) in [7, 11) is -1.36. The second-order valence-electron chi connectivity index (χ2n) is 21.7. The van der Waals surface area contributed by atoms with Crippen LogP contribution >= 0.6 is 0 Å². The summed E-state index contributed by atoms with van der Waals surface area (Å²) in [6, 6.07) is 38.1. The van der Waals surface area contributed by atoms with Gasteiger partial charge in [-0.1, -0.05) is 128 Å². The van der Waals surface area contributed by atoms with Crippen molar-refractivity contribution in [2.75, 3.05) is 0 Å². The Hall–Kier alpha value is -5.53. The second-order valence-corrected chi connectivity index (χ2v) is 26.7. The van der Waals surface area contributed by atoms with Gasteiger partial charge in [0.1, 0.15) is 5.58 Å². The molecule has 3 heterocycles. The third-order valence-electron chi connectivity index (χ3n) is 13.9. The van der Waals surface area contributed by atoms with Crippen molar-refractivity contribution < 1.29 is 34.4 Å². The number of hydrogen-bond donors (Lipinski definition) is 0. The first-order valence-corrected chi connectivity index (χ1v) is 27.6. The molecular weight excluding hydrogens is 1040 g/mol. The Kier molecular flexibility index (Phi) is 11.6. The van der Waals surface area contributed by atoms with Crippen molar-refractivity contribution in [3.8, 4) is 39.6 Å². The van der Waals surface area contributed by atoms with Crippen LogP contribution in [0.4, 0.5) is 4.39 Å². The maximum atomic E-state index is 12.8. The molecule has 0 amide bonds. The smallest absolute Gasteiger partial charge is 0.124 e. The Morgan fingerprint density at radius 1 is 0.754 bits per heavy atom. The molecule has 0 unspecified atom stereocenters. The summed E-state index contributed by atoms with van der Waals surface area (Å²) in [5, 5.41) is 3.29. The van der Waals surface area contributed by atoms with E-state index in [9.17, 15) is 4.39 Å². The molecule has 3 aromatic heterocycles. The van der Waals surface area contributed by atoms with Gasteiger partial charge in [-0.05, 0) is 123 Å². The summed E-state index contributed by atoms with van der Waals surface area (Å²) in [4.78, 5) is 14.0. The molecule has 0 aliphatic heterocycles. The first-order chi connectivity index (χ1) is 33.9. The van der Waals surface area contributed by atoms with Crippen molar-refractivity contribution in [3.05, 3.63) is 161 Å². The van der Waals surface area contributed by atoms with E-state index in [4.69, 9.17) is 14.9 Å². The largest absolute Gasteiger partial charge is 0.500 e. The minimum atomic E-state index is -1.69. The van der Waals surface area contributed by atoms with E-state index in [1.165, 1.54) is 28.4 Å². The predicted octanol–water partition coefficient (Wildman–Crippen LogP) is 15.8. The minimum absolute atomic E-state index is 0. The van der Waals surface area contributed by atoms with E-state index < -0.39 is 20.8 Å². The van der Waals surface area contributed by atoms with Gasteiger partial charge in [0.2, 0.25) is 0 Å². The second kappa shape index (κ2) is 18.3. The number of imidazole rings is 1. The van der Waals surface area contributed by atoms with Gasteiger partial charge in [0.15, 0.2) is 0 Å². The summed E-state index contributed by atoms with van der Waals surface area (Å²) in [6.07, 6.45) is 1.64. The van der Waals surface area contributed by atoms with Gasteiger partial charge in [0, 0.05) is 60.4 Å². The molecule has 11 rings (SSSR count). The Balaban J connectivity index is 0.000000310. The van der Waals surface area contributed by atoms with Gasteiger partial charge < -0.3 is 8.98 Å². The summed E-state index contributed by atoms with van der Waals surface area (Å²) in [5.41, 5.74) is 13.4. The third kappa shape index (κ3) is 8.87. The molecule has 69 heavy (non-hydrogen) atoms. The number of rotatable bonds is 7. The zero-order valence-electron chi connectivity index (χ0n) is 45.6. The zero-order valence-corrected chi connectivity index (χ0v) is 45.0. The first-order valence-electron chi connectivity index (χ1n) is 26.1. The summed E-state index contributed by atoms with van der Waals surface area (Å²) in [5.74, 6) is 1.22. The van der Waals surface area contributed by atoms with Crippen LogP contribution in [0.2, 0.25) is 19.6 Å². The van der Waals surface area contributed by atoms with Gasteiger partial charge in [0.05, 0.1) is 36.3 Å². The molecule has 1 radical (unpaired) electrons. The Bertz CT molecular complexity index is 3530. The van der Waals surface area contributed by atoms with E-state index in [0.29, 0.717) is 33.9 Å². The van der Waals surface area contributed by atoms with Crippen LogP contribution in [0, 0.1) is 17.9 Å². The van der Waals surface area contributed by atoms with Crippen molar-refractivity contribution in [3.63, 3.8) is 0 Å². The van der Waals surface area contributed by atoms with Crippen LogP contribution in [0.15, 0.2) is 114 Å². The maximum Gasteiger partial charge on any atom is 0.124 e. The molecule has 8 heteroatoms.